The normalized spacial score (nSPS) is 18.6. The summed E-state index contributed by atoms with van der Waals surface area (Å²) in [5, 5.41) is 3.58. The van der Waals surface area contributed by atoms with Crippen molar-refractivity contribution in [2.45, 2.75) is 38.1 Å². The van der Waals surface area contributed by atoms with Crippen LogP contribution in [0.1, 0.15) is 31.2 Å². The van der Waals surface area contributed by atoms with E-state index in [0.717, 1.165) is 42.2 Å². The molecule has 0 spiro atoms. The fraction of sp³-hybridized carbons (Fsp3) is 0.625. The molecular weight excluding hydrogens is 254 g/mol. The summed E-state index contributed by atoms with van der Waals surface area (Å²) in [6.45, 7) is 1.14. The number of rotatable bonds is 6. The van der Waals surface area contributed by atoms with Crippen molar-refractivity contribution in [3.05, 3.63) is 17.7 Å². The summed E-state index contributed by atoms with van der Waals surface area (Å²) >= 11 is 0. The largest absolute Gasteiger partial charge is 0.496 e. The van der Waals surface area contributed by atoms with Crippen LogP contribution >= 0.6 is 0 Å². The highest BCUT2D eigenvalue weighted by Crippen LogP contribution is 2.35. The Labute approximate surface area is 121 Å². The number of ether oxygens (including phenoxy) is 3. The van der Waals surface area contributed by atoms with Gasteiger partial charge in [-0.1, -0.05) is 6.42 Å². The molecule has 112 valence electrons. The maximum atomic E-state index is 5.49. The van der Waals surface area contributed by atoms with Crippen LogP contribution in [0.3, 0.4) is 0 Å². The highest BCUT2D eigenvalue weighted by atomic mass is 16.5. The summed E-state index contributed by atoms with van der Waals surface area (Å²) in [5.74, 6) is 2.45. The van der Waals surface area contributed by atoms with Crippen LogP contribution in [0.25, 0.3) is 0 Å². The highest BCUT2D eigenvalue weighted by molar-refractivity contribution is 5.50. The second kappa shape index (κ2) is 7.39. The first-order valence-electron chi connectivity index (χ1n) is 7.30. The number of benzene rings is 1. The molecule has 1 unspecified atom stereocenters. The maximum absolute atomic E-state index is 5.49. The molecule has 4 heteroatoms. The molecule has 1 aromatic rings. The molecule has 0 aliphatic carbocycles. The summed E-state index contributed by atoms with van der Waals surface area (Å²) < 4.78 is 16.3. The van der Waals surface area contributed by atoms with Crippen LogP contribution < -0.4 is 19.5 Å². The third-order valence-electron chi connectivity index (χ3n) is 3.97. The van der Waals surface area contributed by atoms with Crippen LogP contribution in [0.5, 0.6) is 17.2 Å². The molecule has 0 saturated carbocycles. The van der Waals surface area contributed by atoms with Gasteiger partial charge in [0.05, 0.1) is 21.3 Å². The average Bonchev–Trinajstić information content (AvgIpc) is 2.52. The van der Waals surface area contributed by atoms with Gasteiger partial charge in [0.1, 0.15) is 17.2 Å². The van der Waals surface area contributed by atoms with Crippen LogP contribution in [0.15, 0.2) is 12.1 Å². The smallest absolute Gasteiger partial charge is 0.129 e. The molecule has 4 nitrogen and oxygen atoms in total. The molecule has 0 amide bonds. The molecule has 1 aliphatic heterocycles. The zero-order valence-electron chi connectivity index (χ0n) is 12.7. The van der Waals surface area contributed by atoms with Gasteiger partial charge in [0.15, 0.2) is 0 Å². The predicted octanol–water partition coefficient (Wildman–Crippen LogP) is 2.79. The van der Waals surface area contributed by atoms with Gasteiger partial charge in [-0.3, -0.25) is 0 Å². The molecular formula is C16H25NO3. The molecule has 1 saturated heterocycles. The first-order chi connectivity index (χ1) is 9.78. The van der Waals surface area contributed by atoms with E-state index in [1.807, 2.05) is 12.1 Å². The Morgan fingerprint density at radius 1 is 1.05 bits per heavy atom. The van der Waals surface area contributed by atoms with E-state index >= 15 is 0 Å². The fourth-order valence-electron chi connectivity index (χ4n) is 2.81. The minimum Gasteiger partial charge on any atom is -0.496 e. The molecule has 20 heavy (non-hydrogen) atoms. The van der Waals surface area contributed by atoms with Gasteiger partial charge < -0.3 is 19.5 Å². The van der Waals surface area contributed by atoms with Crippen molar-refractivity contribution in [1.29, 1.82) is 0 Å². The number of methoxy groups -OCH3 is 3. The van der Waals surface area contributed by atoms with Crippen molar-refractivity contribution in [3.8, 4) is 17.2 Å². The Balaban J connectivity index is 2.11. The molecule has 1 aliphatic rings. The van der Waals surface area contributed by atoms with Crippen LogP contribution in [0.2, 0.25) is 0 Å². The van der Waals surface area contributed by atoms with Crippen molar-refractivity contribution in [1.82, 2.24) is 5.32 Å². The van der Waals surface area contributed by atoms with E-state index in [2.05, 4.69) is 5.32 Å². The van der Waals surface area contributed by atoms with Crippen LogP contribution in [-0.2, 0) is 6.42 Å². The van der Waals surface area contributed by atoms with Gasteiger partial charge in [0, 0.05) is 23.7 Å². The minimum atomic E-state index is 0.611. The van der Waals surface area contributed by atoms with E-state index < -0.39 is 0 Å². The predicted molar refractivity (Wildman–Crippen MR) is 80.1 cm³/mol. The Hall–Kier alpha value is -1.42. The monoisotopic (exact) mass is 279 g/mol. The number of hydrogen-bond donors (Lipinski definition) is 1. The molecule has 1 heterocycles. The van der Waals surface area contributed by atoms with Crippen molar-refractivity contribution in [2.24, 2.45) is 0 Å². The van der Waals surface area contributed by atoms with E-state index in [4.69, 9.17) is 14.2 Å². The van der Waals surface area contributed by atoms with Gasteiger partial charge in [-0.15, -0.1) is 0 Å². The molecule has 1 aromatic carbocycles. The van der Waals surface area contributed by atoms with Gasteiger partial charge in [-0.2, -0.15) is 0 Å². The second-order valence-corrected chi connectivity index (χ2v) is 5.20. The lowest BCUT2D eigenvalue weighted by Crippen LogP contribution is -2.34. The fourth-order valence-corrected chi connectivity index (χ4v) is 2.81. The second-order valence-electron chi connectivity index (χ2n) is 5.20. The third-order valence-corrected chi connectivity index (χ3v) is 3.97. The zero-order chi connectivity index (χ0) is 14.4. The number of hydrogen-bond acceptors (Lipinski definition) is 4. The van der Waals surface area contributed by atoms with Gasteiger partial charge in [-0.05, 0) is 32.2 Å². The van der Waals surface area contributed by atoms with Crippen molar-refractivity contribution in [3.63, 3.8) is 0 Å². The van der Waals surface area contributed by atoms with Crippen molar-refractivity contribution in [2.75, 3.05) is 27.9 Å². The van der Waals surface area contributed by atoms with Crippen molar-refractivity contribution >= 4 is 0 Å². The Bertz CT molecular complexity index is 403. The van der Waals surface area contributed by atoms with E-state index in [1.54, 1.807) is 21.3 Å². The first kappa shape index (κ1) is 15.0. The first-order valence-corrected chi connectivity index (χ1v) is 7.30. The SMILES string of the molecule is COc1cc(OC)c(CCC2CCCCN2)c(OC)c1. The van der Waals surface area contributed by atoms with E-state index in [9.17, 15) is 0 Å². The molecule has 2 rings (SSSR count). The quantitative estimate of drug-likeness (QED) is 0.869. The van der Waals surface area contributed by atoms with Crippen LogP contribution in [0, 0.1) is 0 Å². The van der Waals surface area contributed by atoms with E-state index in [1.165, 1.54) is 19.3 Å². The molecule has 1 fully saturated rings. The van der Waals surface area contributed by atoms with Gasteiger partial charge in [0.25, 0.3) is 0 Å². The summed E-state index contributed by atoms with van der Waals surface area (Å²) in [4.78, 5) is 0. The lowest BCUT2D eigenvalue weighted by atomic mass is 9.97. The molecule has 0 bridgehead atoms. The molecule has 1 atom stereocenters. The topological polar surface area (TPSA) is 39.7 Å². The highest BCUT2D eigenvalue weighted by Gasteiger charge is 2.17. The van der Waals surface area contributed by atoms with Gasteiger partial charge in [0.2, 0.25) is 0 Å². The van der Waals surface area contributed by atoms with Gasteiger partial charge in [-0.25, -0.2) is 0 Å². The number of nitrogens with one attached hydrogen (secondary N) is 1. The third kappa shape index (κ3) is 3.57. The summed E-state index contributed by atoms with van der Waals surface area (Å²) in [6.07, 6.45) is 5.95. The maximum Gasteiger partial charge on any atom is 0.129 e. The lowest BCUT2D eigenvalue weighted by molar-refractivity contribution is 0.357. The average molecular weight is 279 g/mol. The zero-order valence-corrected chi connectivity index (χ0v) is 12.7. The van der Waals surface area contributed by atoms with Crippen LogP contribution in [-0.4, -0.2) is 33.9 Å². The van der Waals surface area contributed by atoms with Crippen molar-refractivity contribution < 1.29 is 14.2 Å². The Morgan fingerprint density at radius 2 is 1.75 bits per heavy atom. The molecule has 0 radical (unpaired) electrons. The summed E-state index contributed by atoms with van der Waals surface area (Å²) in [7, 11) is 5.03. The van der Waals surface area contributed by atoms with Gasteiger partial charge >= 0.3 is 0 Å². The Kier molecular flexibility index (Phi) is 5.53. The summed E-state index contributed by atoms with van der Waals surface area (Å²) in [6, 6.07) is 4.46. The van der Waals surface area contributed by atoms with E-state index in [0.29, 0.717) is 6.04 Å². The Morgan fingerprint density at radius 3 is 2.25 bits per heavy atom. The number of piperidine rings is 1. The summed E-state index contributed by atoms with van der Waals surface area (Å²) in [5.41, 5.74) is 1.13. The standard InChI is InChI=1S/C16H25NO3/c1-18-13-10-15(19-2)14(16(11-13)20-3)8-7-12-6-4-5-9-17-12/h10-12,17H,4-9H2,1-3H3. The minimum absolute atomic E-state index is 0.611. The molecule has 1 N–H and O–H groups in total. The van der Waals surface area contributed by atoms with Crippen LogP contribution in [0.4, 0.5) is 0 Å². The molecule has 0 aromatic heterocycles. The van der Waals surface area contributed by atoms with E-state index in [-0.39, 0.29) is 0 Å². The lowest BCUT2D eigenvalue weighted by Gasteiger charge is -2.24.